The number of nitrogens with one attached hydrogen (secondary N) is 1. The van der Waals surface area contributed by atoms with Crippen LogP contribution in [0.4, 0.5) is 0 Å². The Bertz CT molecular complexity index is 1220. The third-order valence-corrected chi connectivity index (χ3v) is 16.7. The molecule has 0 aliphatic carbocycles. The molecule has 2 unspecified atom stereocenters. The Morgan fingerprint density at radius 1 is 0.346 bits per heavy atom. The van der Waals surface area contributed by atoms with Gasteiger partial charge in [0.1, 0.15) is 0 Å². The molecule has 0 aromatic carbocycles. The Hall–Kier alpha value is -1.66. The minimum Gasteiger partial charge on any atom is -0.466 e. The molecule has 0 aromatic rings. The number of allylic oxidation sites excluding steroid dienone is 4. The van der Waals surface area contributed by atoms with Crippen molar-refractivity contribution in [3.63, 3.8) is 0 Å². The van der Waals surface area contributed by atoms with Crippen LogP contribution in [0.5, 0.6) is 0 Å². The van der Waals surface area contributed by atoms with Crippen LogP contribution >= 0.6 is 0 Å². The monoisotopic (exact) mass is 1100 g/mol. The van der Waals surface area contributed by atoms with E-state index in [4.69, 9.17) is 4.74 Å². The number of unbranched alkanes of at least 4 members (excludes halogenated alkanes) is 52. The predicted molar refractivity (Wildman–Crippen MR) is 343 cm³/mol. The molecule has 0 heterocycles. The van der Waals surface area contributed by atoms with Crippen LogP contribution in [-0.2, 0) is 14.3 Å². The molecule has 78 heavy (non-hydrogen) atoms. The van der Waals surface area contributed by atoms with E-state index in [1.54, 1.807) is 0 Å². The molecule has 1 amide bonds. The van der Waals surface area contributed by atoms with Crippen LogP contribution in [-0.4, -0.2) is 47.4 Å². The second-order valence-electron chi connectivity index (χ2n) is 24.6. The maximum absolute atomic E-state index is 12.5. The molecule has 0 aromatic heterocycles. The lowest BCUT2D eigenvalue weighted by molar-refractivity contribution is -0.143. The Balaban J connectivity index is 3.36. The van der Waals surface area contributed by atoms with E-state index in [2.05, 4.69) is 43.5 Å². The second-order valence-corrected chi connectivity index (χ2v) is 24.6. The van der Waals surface area contributed by atoms with Gasteiger partial charge in [-0.3, -0.25) is 9.59 Å². The Labute approximate surface area is 488 Å². The number of aliphatic hydroxyl groups is 2. The van der Waals surface area contributed by atoms with Gasteiger partial charge in [0.15, 0.2) is 0 Å². The number of aliphatic hydroxyl groups excluding tert-OH is 2. The lowest BCUT2D eigenvalue weighted by Crippen LogP contribution is -2.45. The van der Waals surface area contributed by atoms with Crippen molar-refractivity contribution in [2.75, 3.05) is 13.2 Å². The molecular weight excluding hydrogens is 959 g/mol. The van der Waals surface area contributed by atoms with Crippen molar-refractivity contribution in [3.8, 4) is 0 Å². The third-order valence-electron chi connectivity index (χ3n) is 16.7. The summed E-state index contributed by atoms with van der Waals surface area (Å²) >= 11 is 0. The quantitative estimate of drug-likeness (QED) is 0.0320. The summed E-state index contributed by atoms with van der Waals surface area (Å²) in [5.41, 5.74) is 0. The zero-order chi connectivity index (χ0) is 56.4. The first-order valence-electron chi connectivity index (χ1n) is 35.6. The average molecular weight is 1100 g/mol. The molecule has 0 rings (SSSR count). The summed E-state index contributed by atoms with van der Waals surface area (Å²) in [6.07, 6.45) is 85.2. The normalized spacial score (nSPS) is 12.6. The van der Waals surface area contributed by atoms with Crippen molar-refractivity contribution < 1.29 is 24.5 Å². The highest BCUT2D eigenvalue weighted by Gasteiger charge is 2.20. The van der Waals surface area contributed by atoms with Crippen molar-refractivity contribution in [2.24, 2.45) is 0 Å². The Kier molecular flexibility index (Phi) is 66.4. The highest BCUT2D eigenvalue weighted by molar-refractivity contribution is 5.76. The van der Waals surface area contributed by atoms with E-state index in [1.165, 1.54) is 321 Å². The molecule has 0 fully saturated rings. The van der Waals surface area contributed by atoms with Gasteiger partial charge < -0.3 is 20.3 Å². The first-order valence-corrected chi connectivity index (χ1v) is 35.6. The molecule has 462 valence electrons. The smallest absolute Gasteiger partial charge is 0.305 e. The standard InChI is InChI=1S/C72H139NO5/c1-3-5-7-9-11-13-15-17-19-37-40-44-48-52-56-60-64-70(75)69(68-74)73-71(76)65-61-57-53-49-45-41-38-34-32-30-28-26-24-22-20-21-23-25-27-29-31-33-35-39-43-47-51-55-59-63-67-78-72(77)66-62-58-54-50-46-42-36-18-16-14-12-10-8-6-4-2/h18,21,23,36,69-70,74-75H,3-17,19-20,22,24-35,37-68H2,1-2H3,(H,73,76)/b23-21-,36-18-. The van der Waals surface area contributed by atoms with Gasteiger partial charge in [-0.15, -0.1) is 0 Å². The average Bonchev–Trinajstić information content (AvgIpc) is 3.44. The minimum atomic E-state index is -0.663. The maximum Gasteiger partial charge on any atom is 0.305 e. The van der Waals surface area contributed by atoms with E-state index in [9.17, 15) is 19.8 Å². The Morgan fingerprint density at radius 2 is 0.603 bits per heavy atom. The molecule has 0 saturated heterocycles. The van der Waals surface area contributed by atoms with E-state index in [-0.39, 0.29) is 18.5 Å². The van der Waals surface area contributed by atoms with Crippen molar-refractivity contribution in [1.29, 1.82) is 0 Å². The SMILES string of the molecule is CCCCCCCC/C=C\CCCCCCCC(=O)OCCCCCCCCCCCCCC/C=C\CCCCCCCCCCCCCCCCC(=O)NC(CO)C(O)CCCCCCCCCCCCCCCCCC. The molecule has 6 nitrogen and oxygen atoms in total. The van der Waals surface area contributed by atoms with Crippen LogP contribution in [0.2, 0.25) is 0 Å². The molecule has 0 saturated carbocycles. The fourth-order valence-electron chi connectivity index (χ4n) is 11.3. The van der Waals surface area contributed by atoms with Gasteiger partial charge in [-0.05, 0) is 77.0 Å². The summed E-state index contributed by atoms with van der Waals surface area (Å²) < 4.78 is 5.49. The minimum absolute atomic E-state index is 0.00984. The number of esters is 1. The number of carbonyl (C=O) groups is 2. The second kappa shape index (κ2) is 67.8. The Morgan fingerprint density at radius 3 is 0.910 bits per heavy atom. The van der Waals surface area contributed by atoms with Gasteiger partial charge in [0.05, 0.1) is 25.4 Å². The van der Waals surface area contributed by atoms with Gasteiger partial charge in [0, 0.05) is 12.8 Å². The molecule has 3 N–H and O–H groups in total. The molecule has 0 spiro atoms. The van der Waals surface area contributed by atoms with Gasteiger partial charge in [-0.1, -0.05) is 334 Å². The molecular formula is C72H139NO5. The molecule has 0 radical (unpaired) electrons. The maximum atomic E-state index is 12.5. The number of rotatable bonds is 67. The lowest BCUT2D eigenvalue weighted by atomic mass is 10.0. The fourth-order valence-corrected chi connectivity index (χ4v) is 11.3. The van der Waals surface area contributed by atoms with Crippen LogP contribution in [0.15, 0.2) is 24.3 Å². The first kappa shape index (κ1) is 76.3. The van der Waals surface area contributed by atoms with Gasteiger partial charge >= 0.3 is 5.97 Å². The summed E-state index contributed by atoms with van der Waals surface area (Å²) in [5.74, 6) is -0.0204. The highest BCUT2D eigenvalue weighted by Crippen LogP contribution is 2.19. The van der Waals surface area contributed by atoms with Gasteiger partial charge in [-0.2, -0.15) is 0 Å². The molecule has 2 atom stereocenters. The molecule has 0 bridgehead atoms. The van der Waals surface area contributed by atoms with Crippen molar-refractivity contribution in [3.05, 3.63) is 24.3 Å². The van der Waals surface area contributed by atoms with Crippen LogP contribution in [0.3, 0.4) is 0 Å². The first-order chi connectivity index (χ1) is 38.5. The number of hydrogen-bond donors (Lipinski definition) is 3. The van der Waals surface area contributed by atoms with Crippen molar-refractivity contribution in [1.82, 2.24) is 5.32 Å². The summed E-state index contributed by atoms with van der Waals surface area (Å²) in [6.45, 7) is 4.98. The van der Waals surface area contributed by atoms with E-state index in [0.717, 1.165) is 44.9 Å². The third kappa shape index (κ3) is 63.5. The summed E-state index contributed by atoms with van der Waals surface area (Å²) in [6, 6.07) is -0.540. The molecule has 0 aliphatic rings. The number of ether oxygens (including phenoxy) is 1. The highest BCUT2D eigenvalue weighted by atomic mass is 16.5. The van der Waals surface area contributed by atoms with Gasteiger partial charge in [0.25, 0.3) is 0 Å². The predicted octanol–water partition coefficient (Wildman–Crippen LogP) is 22.9. The fraction of sp³-hybridized carbons (Fsp3) is 0.917. The summed E-state index contributed by atoms with van der Waals surface area (Å²) in [5, 5.41) is 23.4. The zero-order valence-corrected chi connectivity index (χ0v) is 52.9. The topological polar surface area (TPSA) is 95.9 Å². The molecule has 6 heteroatoms. The molecule has 0 aliphatic heterocycles. The number of carbonyl (C=O) groups excluding carboxylic acids is 2. The van der Waals surface area contributed by atoms with E-state index in [1.807, 2.05) is 0 Å². The zero-order valence-electron chi connectivity index (χ0n) is 52.9. The largest absolute Gasteiger partial charge is 0.466 e. The number of amides is 1. The summed E-state index contributed by atoms with van der Waals surface area (Å²) in [4.78, 5) is 24.6. The van der Waals surface area contributed by atoms with Gasteiger partial charge in [0.2, 0.25) is 5.91 Å². The van der Waals surface area contributed by atoms with Gasteiger partial charge in [-0.25, -0.2) is 0 Å². The lowest BCUT2D eigenvalue weighted by Gasteiger charge is -2.22. The van der Waals surface area contributed by atoms with E-state index in [0.29, 0.717) is 25.9 Å². The number of hydrogen-bond acceptors (Lipinski definition) is 5. The van der Waals surface area contributed by atoms with E-state index < -0.39 is 12.1 Å². The van der Waals surface area contributed by atoms with Crippen molar-refractivity contribution >= 4 is 11.9 Å². The van der Waals surface area contributed by atoms with Crippen LogP contribution in [0, 0.1) is 0 Å². The van der Waals surface area contributed by atoms with Crippen LogP contribution in [0.25, 0.3) is 0 Å². The van der Waals surface area contributed by atoms with Crippen LogP contribution < -0.4 is 5.32 Å². The van der Waals surface area contributed by atoms with E-state index >= 15 is 0 Å². The van der Waals surface area contributed by atoms with Crippen molar-refractivity contribution in [2.45, 2.75) is 411 Å². The van der Waals surface area contributed by atoms with Crippen LogP contribution in [0.1, 0.15) is 399 Å². The summed E-state index contributed by atoms with van der Waals surface area (Å²) in [7, 11) is 0.